The molecule has 0 aliphatic carbocycles. The molecule has 3 heteroatoms. The van der Waals surface area contributed by atoms with E-state index in [0.29, 0.717) is 5.92 Å². The maximum absolute atomic E-state index is 4.77. The summed E-state index contributed by atoms with van der Waals surface area (Å²) >= 11 is 0. The quantitative estimate of drug-likeness (QED) is 0.610. The number of aryl methyl sites for hydroxylation is 1. The molecule has 1 aliphatic rings. The first-order valence-electron chi connectivity index (χ1n) is 7.38. The van der Waals surface area contributed by atoms with Gasteiger partial charge in [-0.2, -0.15) is 5.10 Å². The maximum atomic E-state index is 4.77. The first-order valence-corrected chi connectivity index (χ1v) is 7.38. The van der Waals surface area contributed by atoms with Crippen molar-refractivity contribution in [2.45, 2.75) is 32.2 Å². The molecule has 1 aliphatic heterocycles. The molecule has 3 nitrogen and oxygen atoms in total. The van der Waals surface area contributed by atoms with Gasteiger partial charge in [-0.1, -0.05) is 25.1 Å². The van der Waals surface area contributed by atoms with E-state index < -0.39 is 0 Å². The van der Waals surface area contributed by atoms with Crippen LogP contribution in [0.3, 0.4) is 0 Å². The summed E-state index contributed by atoms with van der Waals surface area (Å²) in [5.74, 6) is 0.458. The van der Waals surface area contributed by atoms with Crippen LogP contribution in [0.2, 0.25) is 0 Å². The van der Waals surface area contributed by atoms with E-state index in [1.54, 1.807) is 0 Å². The fourth-order valence-corrected chi connectivity index (χ4v) is 2.85. The minimum atomic E-state index is -0.0143. The van der Waals surface area contributed by atoms with E-state index in [0.717, 1.165) is 5.56 Å². The molecule has 0 amide bonds. The number of rotatable bonds is 2. The number of hydrogen-bond donors (Lipinski definition) is 0. The van der Waals surface area contributed by atoms with Gasteiger partial charge in [-0.15, -0.1) is 0 Å². The molecule has 2 heterocycles. The van der Waals surface area contributed by atoms with Crippen LogP contribution in [-0.4, -0.2) is 11.8 Å². The average molecular weight is 280 g/mol. The molecular weight excluding hydrogens is 258 g/mol. The van der Waals surface area contributed by atoms with Crippen molar-refractivity contribution in [2.75, 3.05) is 5.01 Å². The fraction of sp³-hybridized carbons (Fsp3) is 0.333. The van der Waals surface area contributed by atoms with Crippen LogP contribution in [-0.2, 0) is 7.05 Å². The van der Waals surface area contributed by atoms with Gasteiger partial charge in [0.05, 0.1) is 17.4 Å². The first kappa shape index (κ1) is 13.8. The molecule has 1 aromatic carbocycles. The van der Waals surface area contributed by atoms with Crippen LogP contribution < -0.4 is 9.58 Å². The number of fused-ring (bicyclic) bond motifs is 1. The summed E-state index contributed by atoms with van der Waals surface area (Å²) < 4.78 is 2.02. The van der Waals surface area contributed by atoms with E-state index in [-0.39, 0.29) is 5.54 Å². The predicted molar refractivity (Wildman–Crippen MR) is 86.6 cm³/mol. The van der Waals surface area contributed by atoms with E-state index in [1.165, 1.54) is 11.3 Å². The Hall–Kier alpha value is -2.16. The molecule has 0 spiro atoms. The van der Waals surface area contributed by atoms with Crippen LogP contribution in [0.15, 0.2) is 53.9 Å². The van der Waals surface area contributed by atoms with E-state index in [4.69, 9.17) is 5.10 Å². The smallest absolute Gasteiger partial charge is 0.169 e. The van der Waals surface area contributed by atoms with E-state index >= 15 is 0 Å². The van der Waals surface area contributed by atoms with Gasteiger partial charge in [0, 0.05) is 23.6 Å². The Bertz CT molecular complexity index is 671. The summed E-state index contributed by atoms with van der Waals surface area (Å²) in [5.41, 5.74) is 3.69. The number of benzene rings is 1. The second-order valence-corrected chi connectivity index (χ2v) is 6.29. The highest BCUT2D eigenvalue weighted by Crippen LogP contribution is 2.47. The van der Waals surface area contributed by atoms with Crippen molar-refractivity contribution in [3.05, 3.63) is 59.9 Å². The third-order valence-electron chi connectivity index (χ3n) is 4.56. The Morgan fingerprint density at radius 2 is 1.81 bits per heavy atom. The molecule has 0 radical (unpaired) electrons. The summed E-state index contributed by atoms with van der Waals surface area (Å²) in [4.78, 5) is 0. The van der Waals surface area contributed by atoms with Crippen LogP contribution in [0.1, 0.15) is 37.8 Å². The molecule has 0 N–H and O–H groups in total. The van der Waals surface area contributed by atoms with Gasteiger partial charge < -0.3 is 0 Å². The van der Waals surface area contributed by atoms with Gasteiger partial charge in [0.25, 0.3) is 0 Å². The van der Waals surface area contributed by atoms with Gasteiger partial charge in [-0.05, 0) is 25.5 Å². The highest BCUT2D eigenvalue weighted by molar-refractivity contribution is 5.80. The number of aromatic nitrogens is 1. The van der Waals surface area contributed by atoms with Gasteiger partial charge in [-0.25, -0.2) is 4.57 Å². The minimum Gasteiger partial charge on any atom is -0.259 e. The second kappa shape index (κ2) is 4.99. The molecule has 2 aromatic rings. The van der Waals surface area contributed by atoms with Gasteiger partial charge >= 0.3 is 0 Å². The molecule has 1 unspecified atom stereocenters. The molecule has 1 atom stereocenters. The summed E-state index contributed by atoms with van der Waals surface area (Å²) in [7, 11) is 2.02. The maximum Gasteiger partial charge on any atom is 0.169 e. The topological polar surface area (TPSA) is 19.5 Å². The monoisotopic (exact) mass is 280 g/mol. The summed E-state index contributed by atoms with van der Waals surface area (Å²) in [6.45, 7) is 6.77. The van der Waals surface area contributed by atoms with Crippen LogP contribution in [0, 0.1) is 0 Å². The van der Waals surface area contributed by atoms with Crippen molar-refractivity contribution in [3.8, 4) is 0 Å². The Morgan fingerprint density at radius 1 is 1.14 bits per heavy atom. The van der Waals surface area contributed by atoms with Crippen LogP contribution in [0.4, 0.5) is 5.69 Å². The molecule has 108 valence electrons. The Morgan fingerprint density at radius 3 is 2.52 bits per heavy atom. The lowest BCUT2D eigenvalue weighted by Gasteiger charge is -2.32. The molecule has 0 bridgehead atoms. The standard InChI is InChI=1S/C18H22N3/c1-14-16-7-5-6-8-17(16)21(18(14,2)3)19-13-15-9-11-20(4)12-10-15/h5-14H,1-4H3/q+1. The van der Waals surface area contributed by atoms with E-state index in [2.05, 4.69) is 62.2 Å². The highest BCUT2D eigenvalue weighted by Gasteiger charge is 2.42. The number of hydrogen-bond acceptors (Lipinski definition) is 2. The zero-order chi connectivity index (χ0) is 15.0. The van der Waals surface area contributed by atoms with E-state index in [9.17, 15) is 0 Å². The lowest BCUT2D eigenvalue weighted by Crippen LogP contribution is -2.39. The Balaban J connectivity index is 1.96. The third kappa shape index (κ3) is 2.33. The Kier molecular flexibility index (Phi) is 3.28. The fourth-order valence-electron chi connectivity index (χ4n) is 2.85. The minimum absolute atomic E-state index is 0.0143. The van der Waals surface area contributed by atoms with Crippen LogP contribution in [0.25, 0.3) is 0 Å². The number of nitrogens with zero attached hydrogens (tertiary/aromatic N) is 3. The molecule has 0 fully saturated rings. The Labute approximate surface area is 126 Å². The lowest BCUT2D eigenvalue weighted by atomic mass is 9.87. The van der Waals surface area contributed by atoms with Crippen LogP contribution in [0.5, 0.6) is 0 Å². The molecule has 21 heavy (non-hydrogen) atoms. The number of pyridine rings is 1. The van der Waals surface area contributed by atoms with Crippen molar-refractivity contribution >= 4 is 11.9 Å². The molecule has 1 aromatic heterocycles. The van der Waals surface area contributed by atoms with Crippen molar-refractivity contribution in [1.29, 1.82) is 0 Å². The van der Waals surface area contributed by atoms with Gasteiger partial charge in [-0.3, -0.25) is 5.01 Å². The largest absolute Gasteiger partial charge is 0.259 e. The number of para-hydroxylation sites is 1. The zero-order valence-electron chi connectivity index (χ0n) is 13.1. The highest BCUT2D eigenvalue weighted by atomic mass is 15.5. The molecule has 3 rings (SSSR count). The molecule has 0 saturated carbocycles. The van der Waals surface area contributed by atoms with Crippen molar-refractivity contribution < 1.29 is 4.57 Å². The number of anilines is 1. The van der Waals surface area contributed by atoms with Crippen molar-refractivity contribution in [2.24, 2.45) is 12.1 Å². The number of hydrazone groups is 1. The van der Waals surface area contributed by atoms with Gasteiger partial charge in [0.1, 0.15) is 7.05 Å². The molecular formula is C18H22N3+. The predicted octanol–water partition coefficient (Wildman–Crippen LogP) is 3.25. The van der Waals surface area contributed by atoms with Gasteiger partial charge in [0.2, 0.25) is 0 Å². The first-order chi connectivity index (χ1) is 10.00. The molecule has 0 saturated heterocycles. The summed E-state index contributed by atoms with van der Waals surface area (Å²) in [6.07, 6.45) is 6.01. The summed E-state index contributed by atoms with van der Waals surface area (Å²) in [5, 5.41) is 6.92. The second-order valence-electron chi connectivity index (χ2n) is 6.29. The zero-order valence-corrected chi connectivity index (χ0v) is 13.1. The van der Waals surface area contributed by atoms with E-state index in [1.807, 2.05) is 30.2 Å². The SMILES string of the molecule is CC1c2ccccc2N(N=Cc2cc[n+](C)cc2)C1(C)C. The summed E-state index contributed by atoms with van der Waals surface area (Å²) in [6, 6.07) is 12.7. The normalized spacial score (nSPS) is 20.0. The van der Waals surface area contributed by atoms with Crippen molar-refractivity contribution in [3.63, 3.8) is 0 Å². The average Bonchev–Trinajstić information content (AvgIpc) is 2.67. The third-order valence-corrected chi connectivity index (χ3v) is 4.56. The lowest BCUT2D eigenvalue weighted by molar-refractivity contribution is -0.671. The van der Waals surface area contributed by atoms with Crippen molar-refractivity contribution in [1.82, 2.24) is 0 Å². The van der Waals surface area contributed by atoms with Gasteiger partial charge in [0.15, 0.2) is 12.4 Å². The van der Waals surface area contributed by atoms with Crippen LogP contribution >= 0.6 is 0 Å².